The highest BCUT2D eigenvalue weighted by atomic mass is 16.2. The van der Waals surface area contributed by atoms with Crippen molar-refractivity contribution in [1.82, 2.24) is 14.7 Å². The van der Waals surface area contributed by atoms with Crippen LogP contribution in [0.25, 0.3) is 5.69 Å². The number of anilines is 1. The van der Waals surface area contributed by atoms with Gasteiger partial charge in [-0.05, 0) is 48.7 Å². The van der Waals surface area contributed by atoms with Crippen LogP contribution in [-0.2, 0) is 0 Å². The van der Waals surface area contributed by atoms with Crippen molar-refractivity contribution >= 4 is 11.7 Å². The maximum Gasteiger partial charge on any atom is 0.271 e. The number of carbonyl (C=O) groups excluding carboxylic acids is 1. The van der Waals surface area contributed by atoms with Crippen LogP contribution < -0.4 is 10.5 Å². The number of piperazine rings is 1. The quantitative estimate of drug-likeness (QED) is 0.652. The van der Waals surface area contributed by atoms with Crippen molar-refractivity contribution in [3.8, 4) is 5.69 Å². The Balaban J connectivity index is 1.47. The summed E-state index contributed by atoms with van der Waals surface area (Å²) in [6.07, 6.45) is 0. The van der Waals surface area contributed by atoms with Gasteiger partial charge in [0.05, 0.1) is 5.69 Å². The van der Waals surface area contributed by atoms with Crippen LogP contribution >= 0.6 is 0 Å². The molecule has 0 saturated carbocycles. The molecular weight excluding hydrogens is 388 g/mol. The molecule has 160 valence electrons. The summed E-state index contributed by atoms with van der Waals surface area (Å²) in [6, 6.07) is 19.0. The lowest BCUT2D eigenvalue weighted by atomic mass is 10.0. The van der Waals surface area contributed by atoms with Crippen LogP contribution in [0.1, 0.15) is 41.3 Å². The summed E-state index contributed by atoms with van der Waals surface area (Å²) in [5.74, 6) is 1.24. The Kier molecular flexibility index (Phi) is 5.89. The second-order valence-corrected chi connectivity index (χ2v) is 8.33. The fourth-order valence-corrected chi connectivity index (χ4v) is 3.77. The summed E-state index contributed by atoms with van der Waals surface area (Å²) < 4.78 is 1.45. The molecule has 1 saturated heterocycles. The lowest BCUT2D eigenvalue weighted by Crippen LogP contribution is -2.49. The Hall–Kier alpha value is -3.41. The molecule has 1 amide bonds. The number of aryl methyl sites for hydroxylation is 1. The van der Waals surface area contributed by atoms with E-state index in [-0.39, 0.29) is 11.5 Å². The number of hydrogen-bond acceptors (Lipinski definition) is 4. The number of amides is 1. The molecule has 0 N–H and O–H groups in total. The minimum atomic E-state index is -0.158. The first-order valence-corrected chi connectivity index (χ1v) is 10.7. The van der Waals surface area contributed by atoms with Crippen LogP contribution in [0.2, 0.25) is 0 Å². The molecular formula is C25H28N4O2. The molecule has 0 bridgehead atoms. The van der Waals surface area contributed by atoms with Gasteiger partial charge in [0.2, 0.25) is 0 Å². The maximum atomic E-state index is 12.8. The molecule has 31 heavy (non-hydrogen) atoms. The van der Waals surface area contributed by atoms with Crippen molar-refractivity contribution in [1.29, 1.82) is 0 Å². The van der Waals surface area contributed by atoms with E-state index in [1.54, 1.807) is 12.1 Å². The summed E-state index contributed by atoms with van der Waals surface area (Å²) in [6.45, 7) is 8.89. The van der Waals surface area contributed by atoms with E-state index in [0.29, 0.717) is 32.1 Å². The van der Waals surface area contributed by atoms with Gasteiger partial charge in [0.15, 0.2) is 0 Å². The van der Waals surface area contributed by atoms with Crippen LogP contribution in [0, 0.1) is 6.92 Å². The average molecular weight is 417 g/mol. The Morgan fingerprint density at radius 1 is 0.871 bits per heavy atom. The third-order valence-corrected chi connectivity index (χ3v) is 5.78. The van der Waals surface area contributed by atoms with Crippen LogP contribution in [0.5, 0.6) is 0 Å². The van der Waals surface area contributed by atoms with Gasteiger partial charge >= 0.3 is 0 Å². The maximum absolute atomic E-state index is 12.8. The molecule has 0 unspecified atom stereocenters. The highest BCUT2D eigenvalue weighted by Crippen LogP contribution is 2.18. The third-order valence-electron chi connectivity index (χ3n) is 5.78. The van der Waals surface area contributed by atoms with E-state index in [0.717, 1.165) is 22.6 Å². The van der Waals surface area contributed by atoms with Crippen molar-refractivity contribution in [3.63, 3.8) is 0 Å². The zero-order valence-corrected chi connectivity index (χ0v) is 18.3. The van der Waals surface area contributed by atoms with E-state index >= 15 is 0 Å². The molecule has 2 heterocycles. The SMILES string of the molecule is Cc1ccc(C(=O)N2CCN(c3ccc(=O)n(-c4ccc(C(C)C)cc4)n3)CC2)cc1. The van der Waals surface area contributed by atoms with Gasteiger partial charge in [-0.15, -0.1) is 5.10 Å². The number of benzene rings is 2. The first-order valence-electron chi connectivity index (χ1n) is 10.7. The molecule has 0 radical (unpaired) electrons. The fraction of sp³-hybridized carbons (Fsp3) is 0.320. The minimum Gasteiger partial charge on any atom is -0.352 e. The summed E-state index contributed by atoms with van der Waals surface area (Å²) in [5, 5.41) is 4.61. The predicted molar refractivity (Wildman–Crippen MR) is 123 cm³/mol. The predicted octanol–water partition coefficient (Wildman–Crippen LogP) is 3.63. The number of rotatable bonds is 4. The van der Waals surface area contributed by atoms with Crippen LogP contribution in [0.15, 0.2) is 65.5 Å². The largest absolute Gasteiger partial charge is 0.352 e. The van der Waals surface area contributed by atoms with E-state index < -0.39 is 0 Å². The fourth-order valence-electron chi connectivity index (χ4n) is 3.77. The highest BCUT2D eigenvalue weighted by molar-refractivity contribution is 5.94. The summed E-state index contributed by atoms with van der Waals surface area (Å²) in [4.78, 5) is 29.2. The van der Waals surface area contributed by atoms with E-state index in [4.69, 9.17) is 0 Å². The second-order valence-electron chi connectivity index (χ2n) is 8.33. The summed E-state index contributed by atoms with van der Waals surface area (Å²) in [5.41, 5.74) is 3.68. The molecule has 6 heteroatoms. The Morgan fingerprint density at radius 2 is 1.52 bits per heavy atom. The lowest BCUT2D eigenvalue weighted by Gasteiger charge is -2.35. The molecule has 1 aromatic heterocycles. The van der Waals surface area contributed by atoms with Crippen LogP contribution in [0.3, 0.4) is 0 Å². The molecule has 0 atom stereocenters. The van der Waals surface area contributed by atoms with Gasteiger partial charge in [-0.1, -0.05) is 43.7 Å². The van der Waals surface area contributed by atoms with Gasteiger partial charge in [-0.3, -0.25) is 9.59 Å². The average Bonchev–Trinajstić information content (AvgIpc) is 2.80. The molecule has 2 aromatic carbocycles. The van der Waals surface area contributed by atoms with Gasteiger partial charge in [0.25, 0.3) is 11.5 Å². The van der Waals surface area contributed by atoms with E-state index in [2.05, 4.69) is 23.8 Å². The molecule has 6 nitrogen and oxygen atoms in total. The third kappa shape index (κ3) is 4.53. The first-order chi connectivity index (χ1) is 14.9. The van der Waals surface area contributed by atoms with E-state index in [1.807, 2.05) is 60.4 Å². The van der Waals surface area contributed by atoms with E-state index in [9.17, 15) is 9.59 Å². The zero-order chi connectivity index (χ0) is 22.0. The Labute approximate surface area is 182 Å². The van der Waals surface area contributed by atoms with Gasteiger partial charge < -0.3 is 9.80 Å². The first kappa shape index (κ1) is 20.8. The van der Waals surface area contributed by atoms with Gasteiger partial charge in [0, 0.05) is 37.8 Å². The Morgan fingerprint density at radius 3 is 2.13 bits per heavy atom. The zero-order valence-electron chi connectivity index (χ0n) is 18.3. The number of nitrogens with zero attached hydrogens (tertiary/aromatic N) is 4. The van der Waals surface area contributed by atoms with Crippen molar-refractivity contribution in [2.45, 2.75) is 26.7 Å². The molecule has 4 rings (SSSR count). The minimum absolute atomic E-state index is 0.0582. The van der Waals surface area contributed by atoms with Gasteiger partial charge in [-0.25, -0.2) is 0 Å². The Bertz CT molecular complexity index is 1110. The normalized spacial score (nSPS) is 14.2. The van der Waals surface area contributed by atoms with E-state index in [1.165, 1.54) is 10.2 Å². The number of aromatic nitrogens is 2. The second kappa shape index (κ2) is 8.76. The van der Waals surface area contributed by atoms with Crippen molar-refractivity contribution < 1.29 is 4.79 Å². The molecule has 1 aliphatic heterocycles. The molecule has 0 aliphatic carbocycles. The van der Waals surface area contributed by atoms with Gasteiger partial charge in [0.1, 0.15) is 5.82 Å². The van der Waals surface area contributed by atoms with Gasteiger partial charge in [-0.2, -0.15) is 4.68 Å². The van der Waals surface area contributed by atoms with Crippen LogP contribution in [-0.4, -0.2) is 46.8 Å². The molecule has 0 spiro atoms. The van der Waals surface area contributed by atoms with Crippen molar-refractivity contribution in [3.05, 3.63) is 87.7 Å². The van der Waals surface area contributed by atoms with Crippen molar-refractivity contribution in [2.75, 3.05) is 31.1 Å². The summed E-state index contributed by atoms with van der Waals surface area (Å²) in [7, 11) is 0. The molecule has 3 aromatic rings. The lowest BCUT2D eigenvalue weighted by molar-refractivity contribution is 0.0746. The van der Waals surface area contributed by atoms with Crippen molar-refractivity contribution in [2.24, 2.45) is 0 Å². The van der Waals surface area contributed by atoms with Crippen LogP contribution in [0.4, 0.5) is 5.82 Å². The molecule has 1 fully saturated rings. The monoisotopic (exact) mass is 416 g/mol. The highest BCUT2D eigenvalue weighted by Gasteiger charge is 2.23. The number of hydrogen-bond donors (Lipinski definition) is 0. The standard InChI is InChI=1S/C25H28N4O2/c1-18(2)20-8-10-22(11-9-20)29-24(30)13-12-23(26-29)27-14-16-28(17-15-27)25(31)21-6-4-19(3)5-7-21/h4-13,18H,14-17H2,1-3H3. The smallest absolute Gasteiger partial charge is 0.271 e. The summed E-state index contributed by atoms with van der Waals surface area (Å²) >= 11 is 0. The molecule has 1 aliphatic rings. The topological polar surface area (TPSA) is 58.4 Å². The number of carbonyl (C=O) groups is 1.